The van der Waals surface area contributed by atoms with Crippen molar-refractivity contribution < 1.29 is 9.53 Å². The van der Waals surface area contributed by atoms with Crippen molar-refractivity contribution >= 4 is 5.78 Å². The summed E-state index contributed by atoms with van der Waals surface area (Å²) in [4.78, 5) is 12.6. The fourth-order valence-corrected chi connectivity index (χ4v) is 3.12. The molecule has 1 saturated heterocycles. The molecule has 0 N–H and O–H groups in total. The van der Waals surface area contributed by atoms with Crippen molar-refractivity contribution in [3.8, 4) is 0 Å². The van der Waals surface area contributed by atoms with Crippen molar-refractivity contribution in [2.45, 2.75) is 78.4 Å². The van der Waals surface area contributed by atoms with Gasteiger partial charge < -0.3 is 4.74 Å². The summed E-state index contributed by atoms with van der Waals surface area (Å²) in [6.07, 6.45) is 11.5. The fraction of sp³-hybridized carbons (Fsp3) is 0.650. The average Bonchev–Trinajstić information content (AvgIpc) is 3.05. The van der Waals surface area contributed by atoms with Crippen molar-refractivity contribution in [3.63, 3.8) is 0 Å². The molecule has 0 saturated carbocycles. The first-order valence-electron chi connectivity index (χ1n) is 8.56. The topological polar surface area (TPSA) is 29.6 Å². The molecular formula is C20H30O2. The molecule has 0 aromatic heterocycles. The second kappa shape index (κ2) is 6.95. The average molecular weight is 302 g/mol. The standard InChI is InChI=1S/C20H30O2/c1-14(2)17-13-19-20(5,22-19)11-7-10-15(3)8-6-9-16(4)12-18(17)21/h9-10,13-14,19H,6-8,11-12H2,1-5H3. The number of ketones is 1. The van der Waals surface area contributed by atoms with E-state index < -0.39 is 0 Å². The van der Waals surface area contributed by atoms with Crippen LogP contribution < -0.4 is 0 Å². The minimum absolute atomic E-state index is 0.0772. The lowest BCUT2D eigenvalue weighted by molar-refractivity contribution is -0.115. The number of rotatable bonds is 1. The van der Waals surface area contributed by atoms with Gasteiger partial charge in [-0.3, -0.25) is 4.79 Å². The van der Waals surface area contributed by atoms with E-state index >= 15 is 0 Å². The van der Waals surface area contributed by atoms with Gasteiger partial charge in [0.25, 0.3) is 0 Å². The van der Waals surface area contributed by atoms with Crippen molar-refractivity contribution in [3.05, 3.63) is 34.9 Å². The molecule has 122 valence electrons. The highest BCUT2D eigenvalue weighted by Crippen LogP contribution is 2.42. The highest BCUT2D eigenvalue weighted by Gasteiger charge is 2.50. The van der Waals surface area contributed by atoms with Gasteiger partial charge in [-0.1, -0.05) is 37.1 Å². The minimum Gasteiger partial charge on any atom is -0.362 e. The van der Waals surface area contributed by atoms with Crippen LogP contribution in [0.5, 0.6) is 0 Å². The van der Waals surface area contributed by atoms with Crippen LogP contribution in [-0.2, 0) is 9.53 Å². The summed E-state index contributed by atoms with van der Waals surface area (Å²) in [6.45, 7) is 10.6. The van der Waals surface area contributed by atoms with Gasteiger partial charge in [-0.15, -0.1) is 0 Å². The van der Waals surface area contributed by atoms with Gasteiger partial charge >= 0.3 is 0 Å². The van der Waals surface area contributed by atoms with Gasteiger partial charge in [0.2, 0.25) is 0 Å². The molecule has 2 atom stereocenters. The number of allylic oxidation sites excluding steroid dienone is 5. The molecule has 2 heteroatoms. The van der Waals surface area contributed by atoms with E-state index in [0.717, 1.165) is 31.3 Å². The molecule has 2 aliphatic rings. The summed E-state index contributed by atoms with van der Waals surface area (Å²) >= 11 is 0. The van der Waals surface area contributed by atoms with Crippen LogP contribution in [0, 0.1) is 5.92 Å². The van der Waals surface area contributed by atoms with Crippen LogP contribution in [0.1, 0.15) is 66.7 Å². The fourth-order valence-electron chi connectivity index (χ4n) is 3.12. The third-order valence-electron chi connectivity index (χ3n) is 4.82. The Hall–Kier alpha value is -1.15. The Labute approximate surface area is 135 Å². The Morgan fingerprint density at radius 2 is 1.86 bits per heavy atom. The summed E-state index contributed by atoms with van der Waals surface area (Å²) in [6, 6.07) is 0. The predicted molar refractivity (Wildman–Crippen MR) is 91.8 cm³/mol. The zero-order valence-electron chi connectivity index (χ0n) is 14.7. The quantitative estimate of drug-likeness (QED) is 0.495. The van der Waals surface area contributed by atoms with Crippen molar-refractivity contribution in [2.75, 3.05) is 0 Å². The molecule has 1 aliphatic carbocycles. The first kappa shape index (κ1) is 17.2. The molecule has 2 rings (SSSR count). The van der Waals surface area contributed by atoms with E-state index in [1.54, 1.807) is 0 Å². The van der Waals surface area contributed by atoms with Gasteiger partial charge in [-0.2, -0.15) is 0 Å². The van der Waals surface area contributed by atoms with E-state index in [0.29, 0.717) is 6.42 Å². The van der Waals surface area contributed by atoms with Crippen LogP contribution in [0.15, 0.2) is 34.9 Å². The summed E-state index contributed by atoms with van der Waals surface area (Å²) in [5.41, 5.74) is 3.48. The van der Waals surface area contributed by atoms with E-state index in [9.17, 15) is 4.79 Å². The number of hydrogen-bond donors (Lipinski definition) is 0. The van der Waals surface area contributed by atoms with Crippen LogP contribution in [0.2, 0.25) is 0 Å². The summed E-state index contributed by atoms with van der Waals surface area (Å²) in [5.74, 6) is 0.509. The Kier molecular flexibility index (Phi) is 5.44. The molecule has 2 nitrogen and oxygen atoms in total. The smallest absolute Gasteiger partial charge is 0.162 e. The van der Waals surface area contributed by atoms with E-state index in [4.69, 9.17) is 4.74 Å². The van der Waals surface area contributed by atoms with Crippen LogP contribution in [0.25, 0.3) is 0 Å². The Morgan fingerprint density at radius 3 is 2.55 bits per heavy atom. The molecule has 0 radical (unpaired) electrons. The van der Waals surface area contributed by atoms with Crippen LogP contribution in [-0.4, -0.2) is 17.5 Å². The highest BCUT2D eigenvalue weighted by molar-refractivity contribution is 5.97. The monoisotopic (exact) mass is 302 g/mol. The second-order valence-corrected chi connectivity index (χ2v) is 7.41. The molecule has 0 spiro atoms. The Morgan fingerprint density at radius 1 is 1.18 bits per heavy atom. The predicted octanol–water partition coefficient (Wildman–Crippen LogP) is 5.15. The first-order valence-corrected chi connectivity index (χ1v) is 8.56. The van der Waals surface area contributed by atoms with E-state index in [2.05, 4.69) is 52.8 Å². The lowest BCUT2D eigenvalue weighted by Gasteiger charge is -2.12. The maximum absolute atomic E-state index is 12.6. The van der Waals surface area contributed by atoms with E-state index in [1.807, 2.05) is 0 Å². The maximum Gasteiger partial charge on any atom is 0.162 e. The molecular weight excluding hydrogens is 272 g/mol. The molecule has 2 unspecified atom stereocenters. The SMILES string of the molecule is CC1=CCCC2(C)OC2C=C(C(C)C)C(=O)CC(C)=CCC1. The number of fused-ring (bicyclic) bond motifs is 1. The lowest BCUT2D eigenvalue weighted by atomic mass is 9.90. The van der Waals surface area contributed by atoms with Gasteiger partial charge in [-0.05, 0) is 64.0 Å². The largest absolute Gasteiger partial charge is 0.362 e. The van der Waals surface area contributed by atoms with Gasteiger partial charge in [0.15, 0.2) is 5.78 Å². The number of ether oxygens (including phenoxy) is 1. The van der Waals surface area contributed by atoms with E-state index in [1.165, 1.54) is 11.1 Å². The van der Waals surface area contributed by atoms with Crippen molar-refractivity contribution in [1.82, 2.24) is 0 Å². The number of epoxide rings is 1. The minimum atomic E-state index is -0.0772. The molecule has 1 heterocycles. The summed E-state index contributed by atoms with van der Waals surface area (Å²) < 4.78 is 5.90. The third kappa shape index (κ3) is 4.42. The molecule has 0 aromatic carbocycles. The van der Waals surface area contributed by atoms with Gasteiger partial charge in [-0.25, -0.2) is 0 Å². The van der Waals surface area contributed by atoms with Crippen molar-refractivity contribution in [2.24, 2.45) is 5.92 Å². The van der Waals surface area contributed by atoms with Gasteiger partial charge in [0.1, 0.15) is 6.10 Å². The Bertz CT molecular complexity index is 522. The maximum atomic E-state index is 12.6. The number of carbonyl (C=O) groups is 1. The summed E-state index contributed by atoms with van der Waals surface area (Å²) in [5, 5.41) is 0. The molecule has 0 bridgehead atoms. The number of Topliss-reactive ketones (excluding diaryl/α,β-unsaturated/α-hetero) is 1. The zero-order valence-corrected chi connectivity index (χ0v) is 14.7. The van der Waals surface area contributed by atoms with Gasteiger partial charge in [0, 0.05) is 6.42 Å². The van der Waals surface area contributed by atoms with Crippen molar-refractivity contribution in [1.29, 1.82) is 0 Å². The number of carbonyl (C=O) groups excluding carboxylic acids is 1. The first-order chi connectivity index (χ1) is 10.3. The normalized spacial score (nSPS) is 30.9. The van der Waals surface area contributed by atoms with Crippen LogP contribution >= 0.6 is 0 Å². The number of hydrogen-bond acceptors (Lipinski definition) is 2. The molecule has 1 fully saturated rings. The molecule has 22 heavy (non-hydrogen) atoms. The zero-order chi connectivity index (χ0) is 16.3. The summed E-state index contributed by atoms with van der Waals surface area (Å²) in [7, 11) is 0. The third-order valence-corrected chi connectivity index (χ3v) is 4.82. The highest BCUT2D eigenvalue weighted by atomic mass is 16.6. The van der Waals surface area contributed by atoms with Crippen LogP contribution in [0.4, 0.5) is 0 Å². The molecule has 0 amide bonds. The lowest BCUT2D eigenvalue weighted by Crippen LogP contribution is -2.13. The second-order valence-electron chi connectivity index (χ2n) is 7.41. The van der Waals surface area contributed by atoms with Gasteiger partial charge in [0.05, 0.1) is 5.60 Å². The van der Waals surface area contributed by atoms with E-state index in [-0.39, 0.29) is 23.4 Å². The van der Waals surface area contributed by atoms with Crippen LogP contribution in [0.3, 0.4) is 0 Å². The Balaban J connectivity index is 2.23. The molecule has 0 aromatic rings. The molecule has 1 aliphatic heterocycles.